The maximum absolute atomic E-state index is 14.6. The van der Waals surface area contributed by atoms with Crippen LogP contribution in [-0.4, -0.2) is 26.8 Å². The number of nitrogens with one attached hydrogen (secondary N) is 1. The van der Waals surface area contributed by atoms with Crippen LogP contribution in [-0.2, 0) is 22.9 Å². The van der Waals surface area contributed by atoms with Crippen molar-refractivity contribution < 1.29 is 32.3 Å². The summed E-state index contributed by atoms with van der Waals surface area (Å²) in [5, 5.41) is 16.7. The van der Waals surface area contributed by atoms with Gasteiger partial charge in [0.2, 0.25) is 5.91 Å². The molecule has 2 aliphatic rings. The minimum atomic E-state index is -4.69. The molecule has 2 saturated carbocycles. The Morgan fingerprint density at radius 1 is 1.14 bits per heavy atom. The van der Waals surface area contributed by atoms with Crippen LogP contribution in [0.2, 0.25) is 0 Å². The van der Waals surface area contributed by atoms with E-state index in [2.05, 4.69) is 10.4 Å². The first kappa shape index (κ1) is 24.0. The van der Waals surface area contributed by atoms with Crippen molar-refractivity contribution in [2.45, 2.75) is 50.2 Å². The molecule has 0 atom stereocenters. The summed E-state index contributed by atoms with van der Waals surface area (Å²) < 4.78 is 55.0. The van der Waals surface area contributed by atoms with Crippen LogP contribution >= 0.6 is 0 Å². The van der Waals surface area contributed by atoms with Gasteiger partial charge < -0.3 is 10.4 Å². The highest BCUT2D eigenvalue weighted by Gasteiger charge is 2.53. The minimum absolute atomic E-state index is 0.0402. The third-order valence-corrected chi connectivity index (χ3v) is 7.12. The predicted molar refractivity (Wildman–Crippen MR) is 123 cm³/mol. The number of rotatable bonds is 7. The highest BCUT2D eigenvalue weighted by atomic mass is 19.4. The van der Waals surface area contributed by atoms with E-state index in [-0.39, 0.29) is 29.7 Å². The standard InChI is InChI=1S/C26H23F4N3O3/c27-22-10-17(26(28,29)30)4-7-21(22)25(8-9-25)24(36)32-18-5-6-19(20(11-18)23(34)35)16-12-31-33(14-16)13-15-2-1-3-15/h4-7,10-12,14-15H,1-3,8-9,13H2,(H,32,36)(H,34,35). The zero-order valence-corrected chi connectivity index (χ0v) is 19.1. The molecule has 1 heterocycles. The Hall–Kier alpha value is -3.69. The molecule has 0 bridgehead atoms. The Morgan fingerprint density at radius 3 is 2.47 bits per heavy atom. The van der Waals surface area contributed by atoms with Crippen LogP contribution in [0.3, 0.4) is 0 Å². The van der Waals surface area contributed by atoms with Gasteiger partial charge in [0.25, 0.3) is 0 Å². The van der Waals surface area contributed by atoms with Crippen LogP contribution in [0.25, 0.3) is 11.1 Å². The Bertz CT molecular complexity index is 1340. The summed E-state index contributed by atoms with van der Waals surface area (Å²) >= 11 is 0. The number of carboxylic acid groups (broad SMARTS) is 1. The number of nitrogens with zero attached hydrogens (tertiary/aromatic N) is 2. The van der Waals surface area contributed by atoms with Gasteiger partial charge in [0.1, 0.15) is 5.82 Å². The highest BCUT2D eigenvalue weighted by molar-refractivity contribution is 6.03. The van der Waals surface area contributed by atoms with Crippen molar-refractivity contribution in [3.8, 4) is 11.1 Å². The van der Waals surface area contributed by atoms with Gasteiger partial charge in [0, 0.05) is 29.6 Å². The van der Waals surface area contributed by atoms with E-state index in [1.54, 1.807) is 29.2 Å². The number of hydrogen-bond acceptors (Lipinski definition) is 3. The molecule has 2 N–H and O–H groups in total. The molecule has 6 nitrogen and oxygen atoms in total. The van der Waals surface area contributed by atoms with Crippen molar-refractivity contribution in [3.63, 3.8) is 0 Å². The molecule has 1 aromatic heterocycles. The van der Waals surface area contributed by atoms with E-state index in [0.29, 0.717) is 23.1 Å². The molecule has 0 aliphatic heterocycles. The van der Waals surface area contributed by atoms with Gasteiger partial charge in [-0.15, -0.1) is 0 Å². The number of carbonyl (C=O) groups is 2. The fourth-order valence-electron chi connectivity index (χ4n) is 4.67. The summed E-state index contributed by atoms with van der Waals surface area (Å²) in [6.07, 6.45) is 2.76. The number of carbonyl (C=O) groups excluding carboxylic acids is 1. The van der Waals surface area contributed by atoms with E-state index in [9.17, 15) is 32.3 Å². The summed E-state index contributed by atoms with van der Waals surface area (Å²) in [5.41, 5.74) is -1.30. The van der Waals surface area contributed by atoms with Crippen LogP contribution < -0.4 is 5.32 Å². The summed E-state index contributed by atoms with van der Waals surface area (Å²) in [6.45, 7) is 0.777. The number of carboxylic acids is 1. The number of halogens is 4. The van der Waals surface area contributed by atoms with Crippen LogP contribution in [0.15, 0.2) is 48.8 Å². The van der Waals surface area contributed by atoms with Gasteiger partial charge in [-0.3, -0.25) is 9.48 Å². The summed E-state index contributed by atoms with van der Waals surface area (Å²) in [6, 6.07) is 6.58. The highest BCUT2D eigenvalue weighted by Crippen LogP contribution is 2.50. The zero-order chi connectivity index (χ0) is 25.7. The van der Waals surface area contributed by atoms with Crippen molar-refractivity contribution in [1.82, 2.24) is 9.78 Å². The molecule has 0 spiro atoms. The molecule has 1 amide bonds. The van der Waals surface area contributed by atoms with E-state index in [4.69, 9.17) is 0 Å². The van der Waals surface area contributed by atoms with Crippen molar-refractivity contribution in [2.75, 3.05) is 5.32 Å². The third-order valence-electron chi connectivity index (χ3n) is 7.12. The molecular formula is C26H23F4N3O3. The smallest absolute Gasteiger partial charge is 0.416 e. The molecule has 0 saturated heterocycles. The Morgan fingerprint density at radius 2 is 1.89 bits per heavy atom. The van der Waals surface area contributed by atoms with Crippen LogP contribution in [0.1, 0.15) is 53.6 Å². The van der Waals surface area contributed by atoms with E-state index in [1.165, 1.54) is 12.5 Å². The predicted octanol–water partition coefficient (Wildman–Crippen LogP) is 5.88. The normalized spacial score (nSPS) is 16.9. The molecule has 5 rings (SSSR count). The number of aromatic nitrogens is 2. The van der Waals surface area contributed by atoms with Crippen molar-refractivity contribution in [1.29, 1.82) is 0 Å². The number of benzene rings is 2. The molecule has 36 heavy (non-hydrogen) atoms. The molecule has 188 valence electrons. The lowest BCUT2D eigenvalue weighted by molar-refractivity contribution is -0.137. The summed E-state index contributed by atoms with van der Waals surface area (Å²) in [5.74, 6) is -2.31. The lowest BCUT2D eigenvalue weighted by Gasteiger charge is -2.24. The molecule has 0 radical (unpaired) electrons. The van der Waals surface area contributed by atoms with E-state index >= 15 is 0 Å². The first-order chi connectivity index (χ1) is 17.1. The largest absolute Gasteiger partial charge is 0.478 e. The molecule has 3 aromatic rings. The zero-order valence-electron chi connectivity index (χ0n) is 19.1. The van der Waals surface area contributed by atoms with Gasteiger partial charge in [-0.1, -0.05) is 18.6 Å². The lowest BCUT2D eigenvalue weighted by atomic mass is 9.85. The Kier molecular flexibility index (Phi) is 5.84. The quantitative estimate of drug-likeness (QED) is 0.396. The number of hydrogen-bond donors (Lipinski definition) is 2. The second-order valence-corrected chi connectivity index (χ2v) is 9.54. The Balaban J connectivity index is 1.37. The SMILES string of the molecule is O=C(O)c1cc(NC(=O)C2(c3ccc(C(F)(F)F)cc3F)CC2)ccc1-c1cnn(CC2CCC2)c1. The van der Waals surface area contributed by atoms with Gasteiger partial charge in [0.15, 0.2) is 0 Å². The van der Waals surface area contributed by atoms with Crippen molar-refractivity contribution in [3.05, 3.63) is 71.3 Å². The monoisotopic (exact) mass is 501 g/mol. The topological polar surface area (TPSA) is 84.2 Å². The van der Waals surface area contributed by atoms with Gasteiger partial charge in [0.05, 0.1) is 22.7 Å². The van der Waals surface area contributed by atoms with E-state index in [0.717, 1.165) is 31.5 Å². The van der Waals surface area contributed by atoms with Crippen molar-refractivity contribution >= 4 is 17.6 Å². The van der Waals surface area contributed by atoms with E-state index in [1.807, 2.05) is 0 Å². The van der Waals surface area contributed by atoms with Crippen LogP contribution in [0.4, 0.5) is 23.2 Å². The second-order valence-electron chi connectivity index (χ2n) is 9.54. The molecule has 2 aliphatic carbocycles. The Labute approximate surface area is 203 Å². The molecule has 10 heteroatoms. The van der Waals surface area contributed by atoms with Gasteiger partial charge in [-0.2, -0.15) is 18.3 Å². The summed E-state index contributed by atoms with van der Waals surface area (Å²) in [7, 11) is 0. The molecule has 2 fully saturated rings. The number of alkyl halides is 3. The maximum Gasteiger partial charge on any atom is 0.416 e. The van der Waals surface area contributed by atoms with Crippen molar-refractivity contribution in [2.24, 2.45) is 5.92 Å². The van der Waals surface area contributed by atoms with Crippen LogP contribution in [0.5, 0.6) is 0 Å². The van der Waals surface area contributed by atoms with Crippen LogP contribution in [0, 0.1) is 11.7 Å². The first-order valence-electron chi connectivity index (χ1n) is 11.7. The van der Waals surface area contributed by atoms with Gasteiger partial charge in [-0.05, 0) is 61.4 Å². The number of aromatic carboxylic acids is 1. The minimum Gasteiger partial charge on any atom is -0.478 e. The fourth-order valence-corrected chi connectivity index (χ4v) is 4.67. The third kappa shape index (κ3) is 4.47. The maximum atomic E-state index is 14.6. The fraction of sp³-hybridized carbons (Fsp3) is 0.346. The summed E-state index contributed by atoms with van der Waals surface area (Å²) in [4.78, 5) is 25.0. The number of anilines is 1. The molecule has 2 aromatic carbocycles. The lowest BCUT2D eigenvalue weighted by Crippen LogP contribution is -2.29. The average Bonchev–Trinajstić information content (AvgIpc) is 3.47. The van der Waals surface area contributed by atoms with Gasteiger partial charge in [-0.25, -0.2) is 9.18 Å². The molecule has 0 unspecified atom stereocenters. The van der Waals surface area contributed by atoms with E-state index < -0.39 is 34.8 Å². The first-order valence-corrected chi connectivity index (χ1v) is 11.7. The number of amides is 1. The second kappa shape index (κ2) is 8.76. The van der Waals surface area contributed by atoms with Gasteiger partial charge >= 0.3 is 12.1 Å². The average molecular weight is 501 g/mol. The molecular weight excluding hydrogens is 478 g/mol.